The summed E-state index contributed by atoms with van der Waals surface area (Å²) < 4.78 is 26.1. The molecule has 0 atom stereocenters. The number of nitrogens with zero attached hydrogens (tertiary/aromatic N) is 1. The predicted molar refractivity (Wildman–Crippen MR) is 63.4 cm³/mol. The van der Waals surface area contributed by atoms with Crippen LogP contribution < -0.4 is 0 Å². The largest absolute Gasteiger partial charge is 0.292 e. The number of rotatable bonds is 3. The zero-order valence-electron chi connectivity index (χ0n) is 9.78. The minimum atomic E-state index is -0.712. The molecule has 0 aliphatic heterocycles. The molecule has 0 saturated heterocycles. The van der Waals surface area contributed by atoms with Gasteiger partial charge in [0.2, 0.25) is 0 Å². The molecular formula is C14H11F2NO. The number of aromatic nitrogens is 1. The summed E-state index contributed by atoms with van der Waals surface area (Å²) >= 11 is 0. The Bertz CT molecular complexity index is 596. The smallest absolute Gasteiger partial charge is 0.185 e. The molecule has 2 aromatic rings. The van der Waals surface area contributed by atoms with Gasteiger partial charge in [-0.25, -0.2) is 8.78 Å². The topological polar surface area (TPSA) is 30.0 Å². The second-order valence-electron chi connectivity index (χ2n) is 4.05. The van der Waals surface area contributed by atoms with Gasteiger partial charge in [0.15, 0.2) is 5.78 Å². The van der Waals surface area contributed by atoms with Crippen molar-refractivity contribution in [1.29, 1.82) is 0 Å². The van der Waals surface area contributed by atoms with Crippen LogP contribution in [0.5, 0.6) is 0 Å². The van der Waals surface area contributed by atoms with Crippen molar-refractivity contribution in [2.24, 2.45) is 0 Å². The van der Waals surface area contributed by atoms with Gasteiger partial charge >= 0.3 is 0 Å². The maximum absolute atomic E-state index is 13.4. The monoisotopic (exact) mass is 247 g/mol. The second kappa shape index (κ2) is 5.04. The minimum Gasteiger partial charge on any atom is -0.292 e. The molecule has 4 heteroatoms. The molecule has 0 amide bonds. The van der Waals surface area contributed by atoms with Gasteiger partial charge in [0.1, 0.15) is 17.3 Å². The first-order chi connectivity index (χ1) is 8.56. The maximum Gasteiger partial charge on any atom is 0.185 e. The molecule has 2 nitrogen and oxygen atoms in total. The number of benzene rings is 1. The van der Waals surface area contributed by atoms with Crippen molar-refractivity contribution in [3.8, 4) is 0 Å². The van der Waals surface area contributed by atoms with E-state index in [-0.39, 0.29) is 17.8 Å². The van der Waals surface area contributed by atoms with Crippen LogP contribution in [0, 0.1) is 18.6 Å². The minimum absolute atomic E-state index is 0.122. The highest BCUT2D eigenvalue weighted by molar-refractivity contribution is 5.95. The molecular weight excluding hydrogens is 236 g/mol. The zero-order valence-corrected chi connectivity index (χ0v) is 9.78. The van der Waals surface area contributed by atoms with Gasteiger partial charge in [0.25, 0.3) is 0 Å². The van der Waals surface area contributed by atoms with Gasteiger partial charge in [-0.1, -0.05) is 6.07 Å². The van der Waals surface area contributed by atoms with Crippen LogP contribution in [-0.2, 0) is 6.42 Å². The van der Waals surface area contributed by atoms with Crippen molar-refractivity contribution in [3.05, 3.63) is 65.0 Å². The van der Waals surface area contributed by atoms with Gasteiger partial charge in [0, 0.05) is 18.7 Å². The molecule has 0 spiro atoms. The lowest BCUT2D eigenvalue weighted by Crippen LogP contribution is -2.07. The summed E-state index contributed by atoms with van der Waals surface area (Å²) in [4.78, 5) is 15.8. The van der Waals surface area contributed by atoms with E-state index in [1.165, 1.54) is 12.3 Å². The number of carbonyl (C=O) groups is 1. The second-order valence-corrected chi connectivity index (χ2v) is 4.05. The molecule has 0 radical (unpaired) electrons. The lowest BCUT2D eigenvalue weighted by Gasteiger charge is -2.03. The molecule has 92 valence electrons. The molecule has 0 aliphatic carbocycles. The van der Waals surface area contributed by atoms with E-state index in [9.17, 15) is 13.6 Å². The van der Waals surface area contributed by atoms with E-state index in [1.807, 2.05) is 6.92 Å². The fraction of sp³-hybridized carbons (Fsp3) is 0.143. The van der Waals surface area contributed by atoms with Crippen LogP contribution >= 0.6 is 0 Å². The van der Waals surface area contributed by atoms with Crippen molar-refractivity contribution < 1.29 is 13.6 Å². The standard InChI is InChI=1S/C14H11F2NO/c1-9-4-5-17-13(6-9)14(18)7-10-2-3-11(15)8-12(10)16/h2-6,8H,7H2,1H3. The maximum atomic E-state index is 13.4. The highest BCUT2D eigenvalue weighted by Crippen LogP contribution is 2.12. The first-order valence-electron chi connectivity index (χ1n) is 5.46. The van der Waals surface area contributed by atoms with Gasteiger partial charge in [-0.2, -0.15) is 0 Å². The molecule has 0 saturated carbocycles. The summed E-state index contributed by atoms with van der Waals surface area (Å²) in [5.74, 6) is -1.66. The van der Waals surface area contributed by atoms with Crippen LogP contribution in [0.15, 0.2) is 36.5 Å². The fourth-order valence-corrected chi connectivity index (χ4v) is 1.62. The van der Waals surface area contributed by atoms with E-state index >= 15 is 0 Å². The highest BCUT2D eigenvalue weighted by atomic mass is 19.1. The van der Waals surface area contributed by atoms with Crippen LogP contribution in [0.25, 0.3) is 0 Å². The van der Waals surface area contributed by atoms with Crippen LogP contribution in [-0.4, -0.2) is 10.8 Å². The van der Waals surface area contributed by atoms with Crippen LogP contribution in [0.2, 0.25) is 0 Å². The number of pyridine rings is 1. The van der Waals surface area contributed by atoms with Gasteiger partial charge in [-0.05, 0) is 36.2 Å². The molecule has 1 aromatic heterocycles. The summed E-state index contributed by atoms with van der Waals surface area (Å²) in [5.41, 5.74) is 1.37. The van der Waals surface area contributed by atoms with E-state index in [0.29, 0.717) is 5.69 Å². The van der Waals surface area contributed by atoms with Crippen molar-refractivity contribution in [3.63, 3.8) is 0 Å². The lowest BCUT2D eigenvalue weighted by molar-refractivity contribution is 0.0987. The summed E-state index contributed by atoms with van der Waals surface area (Å²) in [5, 5.41) is 0. The number of carbonyl (C=O) groups excluding carboxylic acids is 1. The molecule has 18 heavy (non-hydrogen) atoms. The Hall–Kier alpha value is -2.10. The normalized spacial score (nSPS) is 10.4. The number of hydrogen-bond donors (Lipinski definition) is 0. The summed E-state index contributed by atoms with van der Waals surface area (Å²) in [6, 6.07) is 6.60. The summed E-state index contributed by atoms with van der Waals surface area (Å²) in [6.45, 7) is 1.84. The quantitative estimate of drug-likeness (QED) is 0.780. The van der Waals surface area contributed by atoms with E-state index in [2.05, 4.69) is 4.98 Å². The molecule has 0 bridgehead atoms. The molecule has 1 heterocycles. The summed E-state index contributed by atoms with van der Waals surface area (Å²) in [6.07, 6.45) is 1.41. The van der Waals surface area contributed by atoms with Gasteiger partial charge < -0.3 is 0 Å². The molecule has 0 aliphatic rings. The fourth-order valence-electron chi connectivity index (χ4n) is 1.62. The van der Waals surface area contributed by atoms with E-state index in [1.54, 1.807) is 12.1 Å². The van der Waals surface area contributed by atoms with Crippen molar-refractivity contribution in [2.75, 3.05) is 0 Å². The zero-order chi connectivity index (χ0) is 13.1. The average Bonchev–Trinajstić information content (AvgIpc) is 2.32. The Morgan fingerprint density at radius 2 is 2.00 bits per heavy atom. The van der Waals surface area contributed by atoms with Crippen LogP contribution in [0.3, 0.4) is 0 Å². The Labute approximate surface area is 103 Å². The first-order valence-corrected chi connectivity index (χ1v) is 5.46. The molecule has 2 rings (SSSR count). The van der Waals surface area contributed by atoms with Gasteiger partial charge in [0.05, 0.1) is 0 Å². The van der Waals surface area contributed by atoms with Gasteiger partial charge in [-0.3, -0.25) is 9.78 Å². The Morgan fingerprint density at radius 1 is 1.22 bits per heavy atom. The first kappa shape index (κ1) is 12.4. The van der Waals surface area contributed by atoms with Gasteiger partial charge in [-0.15, -0.1) is 0 Å². The molecule has 1 aromatic carbocycles. The number of aryl methyl sites for hydroxylation is 1. The van der Waals surface area contributed by atoms with Crippen molar-refractivity contribution in [2.45, 2.75) is 13.3 Å². The summed E-state index contributed by atoms with van der Waals surface area (Å²) in [7, 11) is 0. The third-order valence-electron chi connectivity index (χ3n) is 2.57. The number of halogens is 2. The Morgan fingerprint density at radius 3 is 2.67 bits per heavy atom. The van der Waals surface area contributed by atoms with Crippen molar-refractivity contribution in [1.82, 2.24) is 4.98 Å². The Kier molecular flexibility index (Phi) is 3.46. The highest BCUT2D eigenvalue weighted by Gasteiger charge is 2.12. The third-order valence-corrected chi connectivity index (χ3v) is 2.57. The Balaban J connectivity index is 2.21. The van der Waals surface area contributed by atoms with E-state index in [4.69, 9.17) is 0 Å². The molecule has 0 unspecified atom stereocenters. The lowest BCUT2D eigenvalue weighted by atomic mass is 10.1. The molecule has 0 N–H and O–H groups in total. The average molecular weight is 247 g/mol. The van der Waals surface area contributed by atoms with Crippen LogP contribution in [0.1, 0.15) is 21.6 Å². The van der Waals surface area contributed by atoms with Crippen molar-refractivity contribution >= 4 is 5.78 Å². The van der Waals surface area contributed by atoms with E-state index < -0.39 is 11.6 Å². The number of hydrogen-bond acceptors (Lipinski definition) is 2. The van der Waals surface area contributed by atoms with E-state index in [0.717, 1.165) is 17.7 Å². The molecule has 0 fully saturated rings. The predicted octanol–water partition coefficient (Wildman–Crippen LogP) is 3.09. The SMILES string of the molecule is Cc1ccnc(C(=O)Cc2ccc(F)cc2F)c1. The number of ketones is 1. The number of Topliss-reactive ketones (excluding diaryl/α,β-unsaturated/α-hetero) is 1. The third kappa shape index (κ3) is 2.77. The van der Waals surface area contributed by atoms with Crippen LogP contribution in [0.4, 0.5) is 8.78 Å².